The summed E-state index contributed by atoms with van der Waals surface area (Å²) < 4.78 is 10.4. The maximum Gasteiger partial charge on any atom is 0.244 e. The molecule has 0 saturated carbocycles. The van der Waals surface area contributed by atoms with Crippen LogP contribution in [0.2, 0.25) is 5.02 Å². The first-order valence-corrected chi connectivity index (χ1v) is 6.96. The van der Waals surface area contributed by atoms with Crippen LogP contribution in [0.1, 0.15) is 6.92 Å². The molecule has 0 bridgehead atoms. The molecular formula is C14H19ClN2O3. The van der Waals surface area contributed by atoms with E-state index in [1.807, 2.05) is 17.9 Å². The van der Waals surface area contributed by atoms with Crippen LogP contribution in [0.15, 0.2) is 18.2 Å². The SMILES string of the molecule is COc1cc(NC(C)C(=O)N2CCOCC2)ccc1Cl. The van der Waals surface area contributed by atoms with Gasteiger partial charge in [-0.1, -0.05) is 11.6 Å². The van der Waals surface area contributed by atoms with E-state index in [0.717, 1.165) is 5.69 Å². The van der Waals surface area contributed by atoms with E-state index in [9.17, 15) is 4.79 Å². The number of amides is 1. The van der Waals surface area contributed by atoms with Gasteiger partial charge < -0.3 is 19.7 Å². The molecule has 0 spiro atoms. The van der Waals surface area contributed by atoms with Gasteiger partial charge in [0.2, 0.25) is 5.91 Å². The van der Waals surface area contributed by atoms with Gasteiger partial charge in [-0.25, -0.2) is 0 Å². The number of ether oxygens (including phenoxy) is 2. The van der Waals surface area contributed by atoms with Gasteiger partial charge in [-0.2, -0.15) is 0 Å². The number of carbonyl (C=O) groups excluding carboxylic acids is 1. The summed E-state index contributed by atoms with van der Waals surface area (Å²) >= 11 is 5.98. The summed E-state index contributed by atoms with van der Waals surface area (Å²) in [5.41, 5.74) is 0.806. The summed E-state index contributed by atoms with van der Waals surface area (Å²) in [7, 11) is 1.56. The molecule has 0 radical (unpaired) electrons. The summed E-state index contributed by atoms with van der Waals surface area (Å²) in [6.07, 6.45) is 0. The van der Waals surface area contributed by atoms with Crippen molar-refractivity contribution in [2.75, 3.05) is 38.7 Å². The molecule has 0 aromatic heterocycles. The third-order valence-corrected chi connectivity index (χ3v) is 3.54. The van der Waals surface area contributed by atoms with Crippen LogP contribution in [-0.4, -0.2) is 50.3 Å². The van der Waals surface area contributed by atoms with Gasteiger partial charge in [0, 0.05) is 24.8 Å². The van der Waals surface area contributed by atoms with E-state index in [2.05, 4.69) is 5.32 Å². The average Bonchev–Trinajstić information content (AvgIpc) is 2.49. The molecule has 1 amide bonds. The average molecular weight is 299 g/mol. The molecule has 1 aliphatic rings. The van der Waals surface area contributed by atoms with Crippen LogP contribution >= 0.6 is 11.6 Å². The summed E-state index contributed by atoms with van der Waals surface area (Å²) in [4.78, 5) is 14.1. The summed E-state index contributed by atoms with van der Waals surface area (Å²) in [6.45, 7) is 4.35. The summed E-state index contributed by atoms with van der Waals surface area (Å²) in [6, 6.07) is 5.05. The number of benzene rings is 1. The van der Waals surface area contributed by atoms with Gasteiger partial charge in [-0.15, -0.1) is 0 Å². The Labute approximate surface area is 123 Å². The van der Waals surface area contributed by atoms with E-state index >= 15 is 0 Å². The predicted octanol–water partition coefficient (Wildman–Crippen LogP) is 2.01. The highest BCUT2D eigenvalue weighted by Crippen LogP contribution is 2.27. The van der Waals surface area contributed by atoms with Gasteiger partial charge in [-0.05, 0) is 19.1 Å². The van der Waals surface area contributed by atoms with Crippen LogP contribution in [0.3, 0.4) is 0 Å². The van der Waals surface area contributed by atoms with Gasteiger partial charge >= 0.3 is 0 Å². The molecule has 1 aromatic carbocycles. The standard InChI is InChI=1S/C14H19ClN2O3/c1-10(14(18)17-5-7-20-8-6-17)16-11-3-4-12(15)13(9-11)19-2/h3-4,9-10,16H,5-8H2,1-2H3. The van der Waals surface area contributed by atoms with E-state index in [1.54, 1.807) is 19.2 Å². The molecule has 1 heterocycles. The highest BCUT2D eigenvalue weighted by atomic mass is 35.5. The fraction of sp³-hybridized carbons (Fsp3) is 0.500. The Morgan fingerprint density at radius 2 is 2.15 bits per heavy atom. The first-order valence-electron chi connectivity index (χ1n) is 6.58. The quantitative estimate of drug-likeness (QED) is 0.924. The van der Waals surface area contributed by atoms with Crippen LogP contribution in [0.25, 0.3) is 0 Å². The Hall–Kier alpha value is -1.46. The van der Waals surface area contributed by atoms with Crippen LogP contribution in [-0.2, 0) is 9.53 Å². The lowest BCUT2D eigenvalue weighted by Crippen LogP contribution is -2.46. The van der Waals surface area contributed by atoms with Crippen molar-refractivity contribution < 1.29 is 14.3 Å². The van der Waals surface area contributed by atoms with E-state index in [1.165, 1.54) is 0 Å². The van der Waals surface area contributed by atoms with E-state index in [4.69, 9.17) is 21.1 Å². The lowest BCUT2D eigenvalue weighted by Gasteiger charge is -2.29. The molecule has 1 N–H and O–H groups in total. The number of methoxy groups -OCH3 is 1. The minimum atomic E-state index is -0.306. The van der Waals surface area contributed by atoms with Crippen molar-refractivity contribution in [2.45, 2.75) is 13.0 Å². The smallest absolute Gasteiger partial charge is 0.244 e. The first-order chi connectivity index (χ1) is 9.61. The molecule has 1 atom stereocenters. The fourth-order valence-corrected chi connectivity index (χ4v) is 2.31. The minimum absolute atomic E-state index is 0.0715. The topological polar surface area (TPSA) is 50.8 Å². The van der Waals surface area contributed by atoms with Crippen LogP contribution < -0.4 is 10.1 Å². The number of hydrogen-bond acceptors (Lipinski definition) is 4. The molecule has 20 heavy (non-hydrogen) atoms. The zero-order valence-corrected chi connectivity index (χ0v) is 12.4. The first kappa shape index (κ1) is 14.9. The maximum absolute atomic E-state index is 12.3. The number of morpholine rings is 1. The van der Waals surface area contributed by atoms with Crippen LogP contribution in [0, 0.1) is 0 Å². The highest BCUT2D eigenvalue weighted by molar-refractivity contribution is 6.32. The fourth-order valence-electron chi connectivity index (χ4n) is 2.12. The van der Waals surface area contributed by atoms with E-state index in [-0.39, 0.29) is 11.9 Å². The third-order valence-electron chi connectivity index (χ3n) is 3.23. The summed E-state index contributed by atoms with van der Waals surface area (Å²) in [5.74, 6) is 0.657. The lowest BCUT2D eigenvalue weighted by molar-refractivity contribution is -0.135. The van der Waals surface area contributed by atoms with Crippen molar-refractivity contribution in [1.82, 2.24) is 4.90 Å². The Morgan fingerprint density at radius 1 is 1.45 bits per heavy atom. The second kappa shape index (κ2) is 6.81. The van der Waals surface area contributed by atoms with Crippen molar-refractivity contribution in [2.24, 2.45) is 0 Å². The second-order valence-electron chi connectivity index (χ2n) is 4.65. The maximum atomic E-state index is 12.3. The molecule has 1 aromatic rings. The normalized spacial score (nSPS) is 16.6. The Morgan fingerprint density at radius 3 is 2.80 bits per heavy atom. The highest BCUT2D eigenvalue weighted by Gasteiger charge is 2.22. The molecule has 1 unspecified atom stereocenters. The van der Waals surface area contributed by atoms with E-state index < -0.39 is 0 Å². The Kier molecular flexibility index (Phi) is 5.09. The Balaban J connectivity index is 1.99. The number of carbonyl (C=O) groups is 1. The molecule has 2 rings (SSSR count). The second-order valence-corrected chi connectivity index (χ2v) is 5.06. The number of hydrogen-bond donors (Lipinski definition) is 1. The molecule has 1 aliphatic heterocycles. The number of halogens is 1. The van der Waals surface area contributed by atoms with Gasteiger partial charge in [0.15, 0.2) is 0 Å². The zero-order valence-electron chi connectivity index (χ0n) is 11.7. The van der Waals surface area contributed by atoms with Crippen LogP contribution in [0.4, 0.5) is 5.69 Å². The van der Waals surface area contributed by atoms with Crippen molar-refractivity contribution >= 4 is 23.2 Å². The summed E-state index contributed by atoms with van der Waals surface area (Å²) in [5, 5.41) is 3.72. The predicted molar refractivity (Wildman–Crippen MR) is 78.5 cm³/mol. The van der Waals surface area contributed by atoms with Crippen molar-refractivity contribution in [3.63, 3.8) is 0 Å². The number of anilines is 1. The van der Waals surface area contributed by atoms with Crippen molar-refractivity contribution in [1.29, 1.82) is 0 Å². The molecule has 110 valence electrons. The van der Waals surface area contributed by atoms with Gasteiger partial charge in [0.25, 0.3) is 0 Å². The van der Waals surface area contributed by atoms with Crippen molar-refractivity contribution in [3.8, 4) is 5.75 Å². The number of nitrogens with zero attached hydrogens (tertiary/aromatic N) is 1. The van der Waals surface area contributed by atoms with Crippen molar-refractivity contribution in [3.05, 3.63) is 23.2 Å². The largest absolute Gasteiger partial charge is 0.495 e. The number of rotatable bonds is 4. The molecule has 5 nitrogen and oxygen atoms in total. The molecule has 1 fully saturated rings. The zero-order chi connectivity index (χ0) is 14.5. The molecule has 6 heteroatoms. The van der Waals surface area contributed by atoms with Gasteiger partial charge in [-0.3, -0.25) is 4.79 Å². The molecular weight excluding hydrogens is 280 g/mol. The third kappa shape index (κ3) is 3.55. The minimum Gasteiger partial charge on any atom is -0.495 e. The molecule has 0 aliphatic carbocycles. The lowest BCUT2D eigenvalue weighted by atomic mass is 10.2. The monoisotopic (exact) mass is 298 g/mol. The van der Waals surface area contributed by atoms with Crippen LogP contribution in [0.5, 0.6) is 5.75 Å². The van der Waals surface area contributed by atoms with Gasteiger partial charge in [0.1, 0.15) is 11.8 Å². The van der Waals surface area contributed by atoms with E-state index in [0.29, 0.717) is 37.1 Å². The molecule has 1 saturated heterocycles. The number of nitrogens with one attached hydrogen (secondary N) is 1. The van der Waals surface area contributed by atoms with Gasteiger partial charge in [0.05, 0.1) is 25.3 Å². The Bertz CT molecular complexity index is 475.